The molecule has 2 aliphatic heterocycles. The second-order valence-electron chi connectivity index (χ2n) is 8.41. The molecule has 1 aliphatic carbocycles. The smallest absolute Gasteiger partial charge is 0.227 e. The number of rotatable bonds is 2. The highest BCUT2D eigenvalue weighted by Crippen LogP contribution is 2.39. The van der Waals surface area contributed by atoms with Gasteiger partial charge in [0, 0.05) is 57.9 Å². The topological polar surface area (TPSA) is 38.7 Å². The van der Waals surface area contributed by atoms with Crippen molar-refractivity contribution in [2.75, 3.05) is 76.3 Å². The van der Waals surface area contributed by atoms with Crippen LogP contribution in [0.15, 0.2) is 24.3 Å². The molecule has 0 atom stereocenters. The third-order valence-electron chi connectivity index (χ3n) is 6.46. The number of piperazine rings is 2. The monoisotopic (exact) mass is 378 g/mol. The summed E-state index contributed by atoms with van der Waals surface area (Å²) in [5.41, 5.74) is 5.28. The van der Waals surface area contributed by atoms with Crippen LogP contribution in [-0.4, -0.2) is 86.2 Å². The first-order chi connectivity index (χ1) is 13.7. The van der Waals surface area contributed by atoms with Gasteiger partial charge in [-0.05, 0) is 38.1 Å². The number of aryl methyl sites for hydroxylation is 2. The zero-order valence-electron chi connectivity index (χ0n) is 17.1. The Hall–Kier alpha value is -2.18. The van der Waals surface area contributed by atoms with Crippen LogP contribution in [0, 0.1) is 0 Å². The van der Waals surface area contributed by atoms with E-state index in [1.54, 1.807) is 0 Å². The van der Waals surface area contributed by atoms with Crippen LogP contribution in [0.4, 0.5) is 11.8 Å². The van der Waals surface area contributed by atoms with E-state index in [2.05, 4.69) is 58.0 Å². The van der Waals surface area contributed by atoms with Crippen LogP contribution in [0.1, 0.15) is 11.3 Å². The van der Waals surface area contributed by atoms with Gasteiger partial charge in [0.15, 0.2) is 0 Å². The van der Waals surface area contributed by atoms with Crippen LogP contribution in [0.25, 0.3) is 11.1 Å². The van der Waals surface area contributed by atoms with Crippen LogP contribution < -0.4 is 9.80 Å². The van der Waals surface area contributed by atoms with E-state index < -0.39 is 0 Å². The number of hydrogen-bond acceptors (Lipinski definition) is 6. The van der Waals surface area contributed by atoms with Gasteiger partial charge in [0.1, 0.15) is 5.82 Å². The lowest BCUT2D eigenvalue weighted by Crippen LogP contribution is -2.47. The first kappa shape index (κ1) is 17.9. The first-order valence-electron chi connectivity index (χ1n) is 10.6. The molecule has 0 amide bonds. The van der Waals surface area contributed by atoms with Crippen LogP contribution in [0.2, 0.25) is 0 Å². The van der Waals surface area contributed by atoms with Gasteiger partial charge >= 0.3 is 0 Å². The first-order valence-corrected chi connectivity index (χ1v) is 10.6. The zero-order chi connectivity index (χ0) is 19.1. The van der Waals surface area contributed by atoms with E-state index in [-0.39, 0.29) is 0 Å². The predicted molar refractivity (Wildman–Crippen MR) is 114 cm³/mol. The van der Waals surface area contributed by atoms with Crippen molar-refractivity contribution in [1.29, 1.82) is 0 Å². The van der Waals surface area contributed by atoms with Crippen LogP contribution in [0.5, 0.6) is 0 Å². The van der Waals surface area contributed by atoms with E-state index in [0.717, 1.165) is 77.0 Å². The minimum absolute atomic E-state index is 0.931. The van der Waals surface area contributed by atoms with Gasteiger partial charge in [0.25, 0.3) is 0 Å². The summed E-state index contributed by atoms with van der Waals surface area (Å²) in [5.74, 6) is 2.08. The Morgan fingerprint density at radius 1 is 0.714 bits per heavy atom. The minimum atomic E-state index is 0.931. The molecule has 148 valence electrons. The maximum absolute atomic E-state index is 5.19. The number of fused-ring (bicyclic) bond motifs is 3. The largest absolute Gasteiger partial charge is 0.353 e. The number of anilines is 2. The number of hydrogen-bond donors (Lipinski definition) is 0. The highest BCUT2D eigenvalue weighted by molar-refractivity contribution is 5.82. The molecule has 6 heteroatoms. The van der Waals surface area contributed by atoms with E-state index >= 15 is 0 Å². The van der Waals surface area contributed by atoms with Crippen molar-refractivity contribution < 1.29 is 0 Å². The molecule has 0 unspecified atom stereocenters. The average Bonchev–Trinajstić information content (AvgIpc) is 2.74. The molecular weight excluding hydrogens is 348 g/mol. The molecule has 5 rings (SSSR count). The Morgan fingerprint density at radius 2 is 1.36 bits per heavy atom. The summed E-state index contributed by atoms with van der Waals surface area (Å²) < 4.78 is 0. The second-order valence-corrected chi connectivity index (χ2v) is 8.41. The number of nitrogens with zero attached hydrogens (tertiary/aromatic N) is 6. The van der Waals surface area contributed by atoms with Crippen LogP contribution in [0.3, 0.4) is 0 Å². The van der Waals surface area contributed by atoms with Gasteiger partial charge in [-0.3, -0.25) is 0 Å². The highest BCUT2D eigenvalue weighted by Gasteiger charge is 2.28. The fraction of sp³-hybridized carbons (Fsp3) is 0.545. The molecule has 0 radical (unpaired) electrons. The third kappa shape index (κ3) is 3.25. The van der Waals surface area contributed by atoms with Crippen molar-refractivity contribution in [2.24, 2.45) is 0 Å². The second kappa shape index (κ2) is 7.33. The molecular formula is C22H30N6. The number of benzene rings is 1. The molecule has 3 aliphatic rings. The van der Waals surface area contributed by atoms with Crippen molar-refractivity contribution in [2.45, 2.75) is 12.8 Å². The molecule has 0 N–H and O–H groups in total. The van der Waals surface area contributed by atoms with E-state index in [1.165, 1.54) is 22.4 Å². The summed E-state index contributed by atoms with van der Waals surface area (Å²) in [6.45, 7) is 8.41. The van der Waals surface area contributed by atoms with Crippen molar-refractivity contribution in [3.63, 3.8) is 0 Å². The molecule has 0 bridgehead atoms. The van der Waals surface area contributed by atoms with E-state index in [4.69, 9.17) is 9.97 Å². The molecule has 6 nitrogen and oxygen atoms in total. The Balaban J connectivity index is 1.59. The Morgan fingerprint density at radius 3 is 2.07 bits per heavy atom. The predicted octanol–water partition coefficient (Wildman–Crippen LogP) is 1.75. The van der Waals surface area contributed by atoms with Crippen molar-refractivity contribution >= 4 is 11.8 Å². The molecule has 0 saturated carbocycles. The highest BCUT2D eigenvalue weighted by atomic mass is 15.3. The standard InChI is InChI=1S/C22H30N6/c1-25-9-13-27(14-10-25)21-20-18-6-4-3-5-17(18)7-8-19(20)23-22(24-21)28-15-11-26(2)12-16-28/h3-6H,7-16H2,1-2H3. The SMILES string of the molecule is CN1CCN(c2nc3c(c(N4CCN(C)CC4)n2)-c2ccccc2CC3)CC1. The van der Waals surface area contributed by atoms with Gasteiger partial charge in [-0.2, -0.15) is 4.98 Å². The summed E-state index contributed by atoms with van der Waals surface area (Å²) >= 11 is 0. The quantitative estimate of drug-likeness (QED) is 0.793. The molecule has 3 heterocycles. The summed E-state index contributed by atoms with van der Waals surface area (Å²) in [6, 6.07) is 8.82. The van der Waals surface area contributed by atoms with Crippen molar-refractivity contribution in [3.05, 3.63) is 35.5 Å². The van der Waals surface area contributed by atoms with Crippen molar-refractivity contribution in [1.82, 2.24) is 19.8 Å². The van der Waals surface area contributed by atoms with Gasteiger partial charge in [0.05, 0.1) is 5.69 Å². The molecule has 0 spiro atoms. The maximum atomic E-state index is 5.19. The molecule has 2 aromatic rings. The molecule has 1 aromatic heterocycles. The van der Waals surface area contributed by atoms with Crippen LogP contribution in [-0.2, 0) is 12.8 Å². The molecule has 28 heavy (non-hydrogen) atoms. The maximum Gasteiger partial charge on any atom is 0.227 e. The van der Waals surface area contributed by atoms with Crippen LogP contribution >= 0.6 is 0 Å². The van der Waals surface area contributed by atoms with Gasteiger partial charge < -0.3 is 19.6 Å². The Bertz CT molecular complexity index is 850. The van der Waals surface area contributed by atoms with Gasteiger partial charge in [-0.1, -0.05) is 24.3 Å². The number of aromatic nitrogens is 2. The normalized spacial score (nSPS) is 20.8. The lowest BCUT2D eigenvalue weighted by Gasteiger charge is -2.37. The Kier molecular flexibility index (Phi) is 4.69. The van der Waals surface area contributed by atoms with Gasteiger partial charge in [0.2, 0.25) is 5.95 Å². The van der Waals surface area contributed by atoms with E-state index in [9.17, 15) is 0 Å². The minimum Gasteiger partial charge on any atom is -0.353 e. The fourth-order valence-corrected chi connectivity index (χ4v) is 4.57. The number of likely N-dealkylation sites (N-methyl/N-ethyl adjacent to an activating group) is 2. The summed E-state index contributed by atoms with van der Waals surface area (Å²) in [5, 5.41) is 0. The summed E-state index contributed by atoms with van der Waals surface area (Å²) in [4.78, 5) is 19.9. The van der Waals surface area contributed by atoms with E-state index in [0.29, 0.717) is 0 Å². The third-order valence-corrected chi connectivity index (χ3v) is 6.46. The van der Waals surface area contributed by atoms with Crippen molar-refractivity contribution in [3.8, 4) is 11.1 Å². The summed E-state index contributed by atoms with van der Waals surface area (Å²) in [7, 11) is 4.40. The molecule has 1 aromatic carbocycles. The van der Waals surface area contributed by atoms with E-state index in [1.807, 2.05) is 0 Å². The Labute approximate surface area is 167 Å². The lowest BCUT2D eigenvalue weighted by atomic mass is 9.88. The molecule has 2 fully saturated rings. The fourth-order valence-electron chi connectivity index (χ4n) is 4.57. The zero-order valence-corrected chi connectivity index (χ0v) is 17.1. The average molecular weight is 379 g/mol. The molecule has 2 saturated heterocycles. The van der Waals surface area contributed by atoms with Gasteiger partial charge in [-0.15, -0.1) is 0 Å². The summed E-state index contributed by atoms with van der Waals surface area (Å²) in [6.07, 6.45) is 2.08. The lowest BCUT2D eigenvalue weighted by molar-refractivity contribution is 0.309. The van der Waals surface area contributed by atoms with Gasteiger partial charge in [-0.25, -0.2) is 4.98 Å².